The molecule has 0 bridgehead atoms. The lowest BCUT2D eigenvalue weighted by atomic mass is 10.0. The smallest absolute Gasteiger partial charge is 0.416 e. The third-order valence-corrected chi connectivity index (χ3v) is 2.18. The van der Waals surface area contributed by atoms with Gasteiger partial charge in [-0.25, -0.2) is 0 Å². The predicted octanol–water partition coefficient (Wildman–Crippen LogP) is 3.05. The molecular formula is C13H13F3N2O2. The van der Waals surface area contributed by atoms with Gasteiger partial charge in [-0.2, -0.15) is 18.4 Å². The Bertz CT molecular complexity index is 542. The first-order valence-electron chi connectivity index (χ1n) is 5.70. The van der Waals surface area contributed by atoms with E-state index in [1.54, 1.807) is 26.8 Å². The van der Waals surface area contributed by atoms with Crippen LogP contribution in [-0.4, -0.2) is 16.6 Å². The van der Waals surface area contributed by atoms with Gasteiger partial charge < -0.3 is 4.74 Å². The summed E-state index contributed by atoms with van der Waals surface area (Å²) < 4.78 is 42.7. The molecule has 0 aliphatic carbocycles. The molecule has 0 saturated carbocycles. The molecule has 1 heterocycles. The molecule has 0 N–H and O–H groups in total. The number of aromatic nitrogens is 1. The van der Waals surface area contributed by atoms with Gasteiger partial charge in [0, 0.05) is 6.20 Å². The van der Waals surface area contributed by atoms with Crippen molar-refractivity contribution in [2.75, 3.05) is 0 Å². The number of halogens is 3. The summed E-state index contributed by atoms with van der Waals surface area (Å²) in [4.78, 5) is 15.4. The Morgan fingerprint density at radius 2 is 2.00 bits per heavy atom. The van der Waals surface area contributed by atoms with Crippen LogP contribution in [0.5, 0.6) is 0 Å². The van der Waals surface area contributed by atoms with E-state index in [4.69, 9.17) is 10.00 Å². The average molecular weight is 286 g/mol. The molecule has 0 fully saturated rings. The number of alkyl halides is 3. The highest BCUT2D eigenvalue weighted by Gasteiger charge is 2.33. The van der Waals surface area contributed by atoms with Crippen molar-refractivity contribution in [3.05, 3.63) is 29.6 Å². The van der Waals surface area contributed by atoms with Crippen LogP contribution in [0, 0.1) is 11.3 Å². The van der Waals surface area contributed by atoms with Crippen LogP contribution in [0.15, 0.2) is 18.3 Å². The highest BCUT2D eigenvalue weighted by Crippen LogP contribution is 2.30. The third kappa shape index (κ3) is 4.23. The van der Waals surface area contributed by atoms with Crippen LogP contribution >= 0.6 is 0 Å². The number of nitriles is 1. The minimum atomic E-state index is -4.56. The van der Waals surface area contributed by atoms with Gasteiger partial charge in [0.15, 0.2) is 5.92 Å². The largest absolute Gasteiger partial charge is 0.459 e. The molecule has 1 atom stereocenters. The first-order valence-corrected chi connectivity index (χ1v) is 5.70. The lowest BCUT2D eigenvalue weighted by molar-refractivity contribution is -0.155. The van der Waals surface area contributed by atoms with Crippen LogP contribution in [-0.2, 0) is 15.7 Å². The van der Waals surface area contributed by atoms with E-state index in [9.17, 15) is 18.0 Å². The first kappa shape index (κ1) is 16.0. The van der Waals surface area contributed by atoms with Gasteiger partial charge in [-0.15, -0.1) is 0 Å². The fraction of sp³-hybridized carbons (Fsp3) is 0.462. The second-order valence-electron chi connectivity index (χ2n) is 5.06. The summed E-state index contributed by atoms with van der Waals surface area (Å²) in [5.74, 6) is -2.41. The highest BCUT2D eigenvalue weighted by atomic mass is 19.4. The molecule has 0 saturated heterocycles. The molecule has 1 aromatic rings. The second-order valence-corrected chi connectivity index (χ2v) is 5.06. The zero-order valence-electron chi connectivity index (χ0n) is 11.2. The van der Waals surface area contributed by atoms with Gasteiger partial charge in [0.2, 0.25) is 0 Å². The van der Waals surface area contributed by atoms with Gasteiger partial charge in [-0.3, -0.25) is 9.78 Å². The summed E-state index contributed by atoms with van der Waals surface area (Å²) in [6, 6.07) is 3.06. The van der Waals surface area contributed by atoms with Crippen molar-refractivity contribution < 1.29 is 22.7 Å². The van der Waals surface area contributed by atoms with Crippen LogP contribution in [0.25, 0.3) is 0 Å². The quantitative estimate of drug-likeness (QED) is 0.784. The molecule has 1 aromatic heterocycles. The third-order valence-electron chi connectivity index (χ3n) is 2.18. The molecule has 0 amide bonds. The second kappa shape index (κ2) is 5.49. The molecule has 0 aliphatic heterocycles. The van der Waals surface area contributed by atoms with E-state index in [0.717, 1.165) is 12.3 Å². The minimum Gasteiger partial charge on any atom is -0.459 e. The number of rotatable bonds is 2. The Kier molecular flexibility index (Phi) is 4.38. The molecule has 1 unspecified atom stereocenters. The first-order chi connectivity index (χ1) is 9.04. The molecule has 1 rings (SSSR count). The van der Waals surface area contributed by atoms with Gasteiger partial charge in [-0.05, 0) is 32.9 Å². The van der Waals surface area contributed by atoms with Crippen molar-refractivity contribution in [3.8, 4) is 6.07 Å². The van der Waals surface area contributed by atoms with Crippen LogP contribution in [0.2, 0.25) is 0 Å². The van der Waals surface area contributed by atoms with Gasteiger partial charge in [0.05, 0.1) is 17.3 Å². The molecular weight excluding hydrogens is 273 g/mol. The standard InChI is InChI=1S/C13H13F3N2O2/c1-12(2,3)20-11(19)9(7-17)10-6-8(4-5-18-10)13(14,15)16/h4-6,9H,1-3H3. The van der Waals surface area contributed by atoms with E-state index >= 15 is 0 Å². The maximum Gasteiger partial charge on any atom is 0.416 e. The lowest BCUT2D eigenvalue weighted by Crippen LogP contribution is -2.27. The Labute approximate surface area is 114 Å². The number of hydrogen-bond acceptors (Lipinski definition) is 4. The van der Waals surface area contributed by atoms with Crippen molar-refractivity contribution in [1.29, 1.82) is 5.26 Å². The van der Waals surface area contributed by atoms with Crippen LogP contribution in [0.3, 0.4) is 0 Å². The van der Waals surface area contributed by atoms with Gasteiger partial charge in [-0.1, -0.05) is 0 Å². The van der Waals surface area contributed by atoms with E-state index in [-0.39, 0.29) is 5.69 Å². The molecule has 0 radical (unpaired) electrons. The highest BCUT2D eigenvalue weighted by molar-refractivity contribution is 5.81. The Morgan fingerprint density at radius 3 is 2.45 bits per heavy atom. The molecule has 0 spiro atoms. The predicted molar refractivity (Wildman–Crippen MR) is 63.4 cm³/mol. The minimum absolute atomic E-state index is 0.281. The molecule has 0 aliphatic rings. The Hall–Kier alpha value is -2.10. The average Bonchev–Trinajstić information content (AvgIpc) is 2.26. The van der Waals surface area contributed by atoms with Gasteiger partial charge in [0.25, 0.3) is 0 Å². The van der Waals surface area contributed by atoms with Crippen molar-refractivity contribution in [2.45, 2.75) is 38.5 Å². The SMILES string of the molecule is CC(C)(C)OC(=O)C(C#N)c1cc(C(F)(F)F)ccn1. The molecule has 20 heavy (non-hydrogen) atoms. The molecule has 108 valence electrons. The lowest BCUT2D eigenvalue weighted by Gasteiger charge is -2.21. The van der Waals surface area contributed by atoms with Crippen LogP contribution in [0.1, 0.15) is 37.9 Å². The van der Waals surface area contributed by atoms with Crippen LogP contribution < -0.4 is 0 Å². The number of carbonyl (C=O) groups excluding carboxylic acids is 1. The molecule has 4 nitrogen and oxygen atoms in total. The van der Waals surface area contributed by atoms with E-state index in [2.05, 4.69) is 4.98 Å². The number of pyridine rings is 1. The van der Waals surface area contributed by atoms with E-state index in [1.807, 2.05) is 0 Å². The van der Waals surface area contributed by atoms with E-state index in [1.165, 1.54) is 0 Å². The number of ether oxygens (including phenoxy) is 1. The molecule has 7 heteroatoms. The van der Waals surface area contributed by atoms with E-state index < -0.39 is 29.2 Å². The zero-order valence-corrected chi connectivity index (χ0v) is 11.2. The summed E-state index contributed by atoms with van der Waals surface area (Å²) in [6.07, 6.45) is -3.65. The fourth-order valence-electron chi connectivity index (χ4n) is 1.38. The summed E-state index contributed by atoms with van der Waals surface area (Å²) >= 11 is 0. The molecule has 0 aromatic carbocycles. The number of esters is 1. The maximum absolute atomic E-state index is 12.6. The topological polar surface area (TPSA) is 63.0 Å². The number of hydrogen-bond donors (Lipinski definition) is 0. The fourth-order valence-corrected chi connectivity index (χ4v) is 1.38. The number of nitrogens with zero attached hydrogens (tertiary/aromatic N) is 2. The van der Waals surface area contributed by atoms with Crippen LogP contribution in [0.4, 0.5) is 13.2 Å². The van der Waals surface area contributed by atoms with Crippen molar-refractivity contribution >= 4 is 5.97 Å². The zero-order chi connectivity index (χ0) is 15.6. The Morgan fingerprint density at radius 1 is 1.40 bits per heavy atom. The summed E-state index contributed by atoms with van der Waals surface area (Å²) in [5.41, 5.74) is -2.09. The number of carbonyl (C=O) groups is 1. The van der Waals surface area contributed by atoms with Crippen molar-refractivity contribution in [1.82, 2.24) is 4.98 Å². The van der Waals surface area contributed by atoms with E-state index in [0.29, 0.717) is 6.07 Å². The summed E-state index contributed by atoms with van der Waals surface area (Å²) in [5, 5.41) is 8.97. The Balaban J connectivity index is 3.09. The van der Waals surface area contributed by atoms with Gasteiger partial charge in [0.1, 0.15) is 5.60 Å². The normalized spacial score (nSPS) is 13.4. The summed E-state index contributed by atoms with van der Waals surface area (Å²) in [6.45, 7) is 4.79. The maximum atomic E-state index is 12.6. The van der Waals surface area contributed by atoms with Gasteiger partial charge >= 0.3 is 12.1 Å². The summed E-state index contributed by atoms with van der Waals surface area (Å²) in [7, 11) is 0. The van der Waals surface area contributed by atoms with Crippen molar-refractivity contribution in [3.63, 3.8) is 0 Å². The monoisotopic (exact) mass is 286 g/mol. The van der Waals surface area contributed by atoms with Crippen molar-refractivity contribution in [2.24, 2.45) is 0 Å².